The summed E-state index contributed by atoms with van der Waals surface area (Å²) < 4.78 is 75.7. The second-order valence-electron chi connectivity index (χ2n) is 4.82. The first-order valence-electron chi connectivity index (χ1n) is 6.43. The van der Waals surface area contributed by atoms with Crippen LogP contribution in [0.2, 0.25) is 0 Å². The van der Waals surface area contributed by atoms with E-state index in [0.29, 0.717) is 24.3 Å². The second-order valence-corrected chi connectivity index (χ2v) is 4.82. The van der Waals surface area contributed by atoms with E-state index in [1.54, 1.807) is 0 Å². The number of halogens is 6. The van der Waals surface area contributed by atoms with Gasteiger partial charge in [0.05, 0.1) is 11.1 Å². The molecule has 0 spiro atoms. The number of hydrogen-bond donors (Lipinski definition) is 0. The van der Waals surface area contributed by atoms with Gasteiger partial charge in [0, 0.05) is 11.1 Å². The quantitative estimate of drug-likeness (QED) is 0.455. The minimum absolute atomic E-state index is 0.480. The molecule has 0 saturated carbocycles. The van der Waals surface area contributed by atoms with Crippen molar-refractivity contribution in [2.24, 2.45) is 0 Å². The van der Waals surface area contributed by atoms with Crippen LogP contribution < -0.4 is 0 Å². The van der Waals surface area contributed by atoms with E-state index < -0.39 is 46.2 Å². The van der Waals surface area contributed by atoms with Crippen LogP contribution in [-0.4, -0.2) is 11.6 Å². The number of ketones is 2. The van der Waals surface area contributed by atoms with Gasteiger partial charge in [-0.1, -0.05) is 24.3 Å². The SMILES string of the molecule is O=C(C(=O)c1cccc(C(F)(F)F)c1)c1cccc(C(F)(F)F)c1. The van der Waals surface area contributed by atoms with E-state index in [4.69, 9.17) is 0 Å². The Balaban J connectivity index is 2.36. The van der Waals surface area contributed by atoms with Crippen molar-refractivity contribution in [2.45, 2.75) is 12.4 Å². The van der Waals surface area contributed by atoms with Crippen molar-refractivity contribution < 1.29 is 35.9 Å². The van der Waals surface area contributed by atoms with Gasteiger partial charge in [-0.25, -0.2) is 0 Å². The monoisotopic (exact) mass is 346 g/mol. The van der Waals surface area contributed by atoms with E-state index in [9.17, 15) is 35.9 Å². The van der Waals surface area contributed by atoms with Crippen LogP contribution in [0.15, 0.2) is 48.5 Å². The average Bonchev–Trinajstić information content (AvgIpc) is 2.52. The third kappa shape index (κ3) is 3.81. The van der Waals surface area contributed by atoms with Crippen molar-refractivity contribution in [3.63, 3.8) is 0 Å². The smallest absolute Gasteiger partial charge is 0.285 e. The zero-order chi connectivity index (χ0) is 18.1. The number of alkyl halides is 6. The van der Waals surface area contributed by atoms with E-state index in [-0.39, 0.29) is 0 Å². The van der Waals surface area contributed by atoms with Crippen LogP contribution >= 0.6 is 0 Å². The number of Topliss-reactive ketones (excluding diaryl/α,β-unsaturated/α-hetero) is 2. The van der Waals surface area contributed by atoms with Crippen molar-refractivity contribution in [2.75, 3.05) is 0 Å². The minimum Gasteiger partial charge on any atom is -0.285 e. The molecule has 0 aromatic heterocycles. The predicted octanol–water partition coefficient (Wildman–Crippen LogP) is 4.79. The lowest BCUT2D eigenvalue weighted by molar-refractivity contribution is -0.138. The lowest BCUT2D eigenvalue weighted by atomic mass is 9.98. The molecule has 0 N–H and O–H groups in total. The summed E-state index contributed by atoms with van der Waals surface area (Å²) in [5.74, 6) is -2.64. The first-order valence-corrected chi connectivity index (χ1v) is 6.43. The number of carbonyl (C=O) groups is 2. The van der Waals surface area contributed by atoms with Gasteiger partial charge in [-0.05, 0) is 24.3 Å². The lowest BCUT2D eigenvalue weighted by Gasteiger charge is -2.09. The fraction of sp³-hybridized carbons (Fsp3) is 0.125. The van der Waals surface area contributed by atoms with E-state index in [0.717, 1.165) is 24.3 Å². The van der Waals surface area contributed by atoms with Gasteiger partial charge in [-0.15, -0.1) is 0 Å². The van der Waals surface area contributed by atoms with E-state index in [1.165, 1.54) is 0 Å². The highest BCUT2D eigenvalue weighted by molar-refractivity contribution is 6.49. The maximum atomic E-state index is 12.6. The molecule has 0 bridgehead atoms. The lowest BCUT2D eigenvalue weighted by Crippen LogP contribution is -2.17. The number of rotatable bonds is 3. The van der Waals surface area contributed by atoms with E-state index in [2.05, 4.69) is 0 Å². The normalized spacial score (nSPS) is 12.1. The molecule has 2 rings (SSSR count). The summed E-state index contributed by atoms with van der Waals surface area (Å²) in [6, 6.07) is 6.25. The van der Waals surface area contributed by atoms with Gasteiger partial charge in [-0.2, -0.15) is 26.3 Å². The largest absolute Gasteiger partial charge is 0.416 e. The van der Waals surface area contributed by atoms with E-state index >= 15 is 0 Å². The van der Waals surface area contributed by atoms with Crippen molar-refractivity contribution in [1.82, 2.24) is 0 Å². The standard InChI is InChI=1S/C16H8F6O2/c17-15(18,19)11-5-1-3-9(7-11)13(23)14(24)10-4-2-6-12(8-10)16(20,21)22/h1-8H. The maximum Gasteiger partial charge on any atom is 0.416 e. The van der Waals surface area contributed by atoms with Crippen LogP contribution in [0.1, 0.15) is 31.8 Å². The fourth-order valence-electron chi connectivity index (χ4n) is 1.94. The molecule has 2 aromatic carbocycles. The molecule has 0 fully saturated rings. The molecule has 8 heteroatoms. The second kappa shape index (κ2) is 6.10. The average molecular weight is 346 g/mol. The van der Waals surface area contributed by atoms with Crippen LogP contribution in [-0.2, 0) is 12.4 Å². The number of hydrogen-bond acceptors (Lipinski definition) is 2. The Labute approximate surface area is 131 Å². The Kier molecular flexibility index (Phi) is 4.50. The minimum atomic E-state index is -4.71. The molecule has 0 amide bonds. The van der Waals surface area contributed by atoms with Crippen LogP contribution in [0.3, 0.4) is 0 Å². The van der Waals surface area contributed by atoms with Crippen LogP contribution in [0.4, 0.5) is 26.3 Å². The van der Waals surface area contributed by atoms with Gasteiger partial charge in [0.1, 0.15) is 0 Å². The molecule has 126 valence electrons. The van der Waals surface area contributed by atoms with Gasteiger partial charge >= 0.3 is 12.4 Å². The molecule has 2 aromatic rings. The van der Waals surface area contributed by atoms with Crippen molar-refractivity contribution in [3.05, 3.63) is 70.8 Å². The first-order chi connectivity index (χ1) is 11.0. The molecular formula is C16H8F6O2. The maximum absolute atomic E-state index is 12.6. The van der Waals surface area contributed by atoms with Crippen molar-refractivity contribution in [3.8, 4) is 0 Å². The molecule has 0 unspecified atom stereocenters. The fourth-order valence-corrected chi connectivity index (χ4v) is 1.94. The highest BCUT2D eigenvalue weighted by Crippen LogP contribution is 2.31. The van der Waals surface area contributed by atoms with Crippen LogP contribution in [0, 0.1) is 0 Å². The molecule has 0 aliphatic heterocycles. The first kappa shape index (κ1) is 17.7. The summed E-state index contributed by atoms with van der Waals surface area (Å²) >= 11 is 0. The van der Waals surface area contributed by atoms with Gasteiger partial charge in [0.15, 0.2) is 0 Å². The number of carbonyl (C=O) groups excluding carboxylic acids is 2. The summed E-state index contributed by atoms with van der Waals surface area (Å²) in [5.41, 5.74) is -3.37. The Bertz CT molecular complexity index is 722. The Hall–Kier alpha value is -2.64. The zero-order valence-corrected chi connectivity index (χ0v) is 11.7. The summed E-state index contributed by atoms with van der Waals surface area (Å²) in [7, 11) is 0. The summed E-state index contributed by atoms with van der Waals surface area (Å²) in [5, 5.41) is 0. The number of benzene rings is 2. The molecular weight excluding hydrogens is 338 g/mol. The molecule has 0 saturated heterocycles. The topological polar surface area (TPSA) is 34.1 Å². The summed E-state index contributed by atoms with van der Waals surface area (Å²) in [6.45, 7) is 0. The summed E-state index contributed by atoms with van der Waals surface area (Å²) in [6.07, 6.45) is -9.43. The summed E-state index contributed by atoms with van der Waals surface area (Å²) in [4.78, 5) is 24.0. The zero-order valence-electron chi connectivity index (χ0n) is 11.7. The van der Waals surface area contributed by atoms with Crippen molar-refractivity contribution >= 4 is 11.6 Å². The van der Waals surface area contributed by atoms with Gasteiger partial charge in [0.25, 0.3) is 0 Å². The molecule has 0 aliphatic carbocycles. The van der Waals surface area contributed by atoms with Gasteiger partial charge in [-0.3, -0.25) is 9.59 Å². The third-order valence-corrected chi connectivity index (χ3v) is 3.11. The van der Waals surface area contributed by atoms with Crippen molar-refractivity contribution in [1.29, 1.82) is 0 Å². The molecule has 2 nitrogen and oxygen atoms in total. The van der Waals surface area contributed by atoms with Gasteiger partial charge < -0.3 is 0 Å². The molecule has 24 heavy (non-hydrogen) atoms. The Morgan fingerprint density at radius 1 is 0.625 bits per heavy atom. The molecule has 0 aliphatic rings. The van der Waals surface area contributed by atoms with E-state index in [1.807, 2.05) is 0 Å². The highest BCUT2D eigenvalue weighted by Gasteiger charge is 2.33. The Morgan fingerprint density at radius 2 is 0.958 bits per heavy atom. The predicted molar refractivity (Wildman–Crippen MR) is 71.5 cm³/mol. The third-order valence-electron chi connectivity index (χ3n) is 3.11. The molecule has 0 radical (unpaired) electrons. The molecule has 0 atom stereocenters. The van der Waals surface area contributed by atoms with Crippen LogP contribution in [0.5, 0.6) is 0 Å². The highest BCUT2D eigenvalue weighted by atomic mass is 19.4. The van der Waals surface area contributed by atoms with Crippen LogP contribution in [0.25, 0.3) is 0 Å². The van der Waals surface area contributed by atoms with Gasteiger partial charge in [0.2, 0.25) is 11.6 Å². The Morgan fingerprint density at radius 3 is 1.25 bits per heavy atom. The molecule has 0 heterocycles.